The van der Waals surface area contributed by atoms with Gasteiger partial charge in [-0.15, -0.1) is 11.5 Å². The summed E-state index contributed by atoms with van der Waals surface area (Å²) < 4.78 is 0. The van der Waals surface area contributed by atoms with E-state index in [1.165, 1.54) is 127 Å². The first-order valence-electron chi connectivity index (χ1n) is 15.2. The first kappa shape index (κ1) is 36.3. The molecule has 2 aromatic carbocycles. The van der Waals surface area contributed by atoms with Gasteiger partial charge in [-0.25, -0.2) is 0 Å². The van der Waals surface area contributed by atoms with Gasteiger partial charge < -0.3 is 10.2 Å². The molecule has 0 heterocycles. The second-order valence-corrected chi connectivity index (χ2v) is 10.4. The topological polar surface area (TPSA) is 46.1 Å². The summed E-state index contributed by atoms with van der Waals surface area (Å²) in [4.78, 5) is 0. The summed E-state index contributed by atoms with van der Waals surface area (Å²) >= 11 is 0. The first-order valence-corrected chi connectivity index (χ1v) is 15.2. The van der Waals surface area contributed by atoms with E-state index >= 15 is 0 Å². The molecule has 0 spiro atoms. The van der Waals surface area contributed by atoms with Crippen molar-refractivity contribution in [3.8, 4) is 11.5 Å². The molecule has 0 unspecified atom stereocenters. The van der Waals surface area contributed by atoms with Crippen LogP contribution in [0.4, 0.5) is 0 Å². The fraction of sp³-hybridized carbons (Fsp3) is 0.647. The summed E-state index contributed by atoms with van der Waals surface area (Å²) in [6, 6.07) is 14.5. The third-order valence-electron chi connectivity index (χ3n) is 6.98. The van der Waals surface area contributed by atoms with E-state index in [9.17, 15) is 10.2 Å². The molecule has 0 aliphatic heterocycles. The zero-order valence-corrected chi connectivity index (χ0v) is 26.5. The van der Waals surface area contributed by atoms with Crippen LogP contribution in [0.3, 0.4) is 0 Å². The molecule has 37 heavy (non-hydrogen) atoms. The van der Waals surface area contributed by atoms with E-state index in [1.54, 1.807) is 24.3 Å². The summed E-state index contributed by atoms with van der Waals surface area (Å²) in [5.41, 5.74) is 2.61. The Labute approximate surface area is 259 Å². The number of unbranched alkanes of at least 4 members (excludes halogenated alkanes) is 16. The van der Waals surface area contributed by atoms with E-state index in [2.05, 4.69) is 13.8 Å². The smallest absolute Gasteiger partial charge is 0.872 e. The van der Waals surface area contributed by atoms with Crippen LogP contribution in [-0.2, 0) is 12.8 Å². The summed E-state index contributed by atoms with van der Waals surface area (Å²) in [7, 11) is 0. The summed E-state index contributed by atoms with van der Waals surface area (Å²) in [6.07, 6.45) is 26.9. The molecule has 3 heteroatoms. The molecule has 0 atom stereocenters. The quantitative estimate of drug-likeness (QED) is 0.125. The van der Waals surface area contributed by atoms with E-state index in [4.69, 9.17) is 0 Å². The molecule has 0 radical (unpaired) electrons. The minimum Gasteiger partial charge on any atom is -0.872 e. The van der Waals surface area contributed by atoms with Crippen LogP contribution in [0.2, 0.25) is 0 Å². The van der Waals surface area contributed by atoms with Crippen LogP contribution in [0.5, 0.6) is 11.5 Å². The molecule has 0 aliphatic carbocycles. The van der Waals surface area contributed by atoms with Gasteiger partial charge in [-0.3, -0.25) is 0 Å². The van der Waals surface area contributed by atoms with Gasteiger partial charge in [-0.1, -0.05) is 165 Å². The van der Waals surface area contributed by atoms with Crippen LogP contribution in [0, 0.1) is 0 Å². The van der Waals surface area contributed by atoms with Crippen molar-refractivity contribution in [1.82, 2.24) is 0 Å². The van der Waals surface area contributed by atoms with Crippen molar-refractivity contribution in [3.63, 3.8) is 0 Å². The Balaban J connectivity index is 0.000000682. The molecule has 0 saturated heterocycles. The van der Waals surface area contributed by atoms with Gasteiger partial charge in [0.25, 0.3) is 0 Å². The van der Waals surface area contributed by atoms with Crippen LogP contribution >= 0.6 is 0 Å². The minimum absolute atomic E-state index is 0. The number of hydrogen-bond acceptors (Lipinski definition) is 2. The van der Waals surface area contributed by atoms with Crippen LogP contribution in [0.25, 0.3) is 0 Å². The van der Waals surface area contributed by atoms with Crippen LogP contribution in [0.15, 0.2) is 48.5 Å². The van der Waals surface area contributed by atoms with Crippen molar-refractivity contribution in [3.05, 3.63) is 59.7 Å². The van der Waals surface area contributed by atoms with Gasteiger partial charge in [-0.2, -0.15) is 0 Å². The van der Waals surface area contributed by atoms with Crippen LogP contribution in [0.1, 0.15) is 141 Å². The Morgan fingerprint density at radius 2 is 0.622 bits per heavy atom. The van der Waals surface area contributed by atoms with Crippen molar-refractivity contribution in [2.45, 2.75) is 142 Å². The summed E-state index contributed by atoms with van der Waals surface area (Å²) in [6.45, 7) is 4.53. The van der Waals surface area contributed by atoms with Crippen molar-refractivity contribution >= 4 is 37.7 Å². The number of rotatable bonds is 20. The zero-order chi connectivity index (χ0) is 26.1. The molecule has 0 fully saturated rings. The third-order valence-corrected chi connectivity index (χ3v) is 6.98. The van der Waals surface area contributed by atoms with Crippen molar-refractivity contribution < 1.29 is 10.2 Å². The van der Waals surface area contributed by atoms with Gasteiger partial charge >= 0.3 is 37.7 Å². The molecule has 0 bridgehead atoms. The Hall–Kier alpha value is -0.700. The maximum atomic E-state index is 10.9. The monoisotopic (exact) mass is 534 g/mol. The molecule has 2 nitrogen and oxygen atoms in total. The Morgan fingerprint density at radius 1 is 0.378 bits per heavy atom. The fourth-order valence-corrected chi connectivity index (χ4v) is 4.59. The average molecular weight is 535 g/mol. The van der Waals surface area contributed by atoms with E-state index < -0.39 is 0 Å². The predicted molar refractivity (Wildman–Crippen MR) is 159 cm³/mol. The molecule has 0 saturated carbocycles. The van der Waals surface area contributed by atoms with E-state index in [0.717, 1.165) is 12.8 Å². The molecule has 0 aromatic heterocycles. The van der Waals surface area contributed by atoms with Crippen LogP contribution < -0.4 is 10.2 Å². The average Bonchev–Trinajstić information content (AvgIpc) is 2.89. The van der Waals surface area contributed by atoms with Crippen molar-refractivity contribution in [2.75, 3.05) is 0 Å². The molecule has 204 valence electrons. The zero-order valence-electron chi connectivity index (χ0n) is 24.3. The van der Waals surface area contributed by atoms with Gasteiger partial charge in [0.2, 0.25) is 0 Å². The molecule has 2 rings (SSSR count). The van der Waals surface area contributed by atoms with Crippen molar-refractivity contribution in [2.24, 2.45) is 0 Å². The van der Waals surface area contributed by atoms with Gasteiger partial charge in [0.1, 0.15) is 0 Å². The molecular weight excluding hydrogens is 480 g/mol. The molecule has 2 aromatic rings. The Kier molecular flexibility index (Phi) is 26.4. The predicted octanol–water partition coefficient (Wildman–Crippen LogP) is 9.29. The van der Waals surface area contributed by atoms with Gasteiger partial charge in [0.05, 0.1) is 0 Å². The van der Waals surface area contributed by atoms with Gasteiger partial charge in [-0.05, 0) is 36.8 Å². The van der Waals surface area contributed by atoms with Crippen LogP contribution in [-0.4, -0.2) is 37.7 Å². The van der Waals surface area contributed by atoms with Crippen molar-refractivity contribution in [1.29, 1.82) is 0 Å². The molecular formula is C34H54CaO2. The summed E-state index contributed by atoms with van der Waals surface area (Å²) in [5.74, 6) is 0.233. The maximum Gasteiger partial charge on any atom is 2.00 e. The van der Waals surface area contributed by atoms with E-state index in [1.807, 2.05) is 24.3 Å². The Morgan fingerprint density at radius 3 is 0.892 bits per heavy atom. The second-order valence-electron chi connectivity index (χ2n) is 10.4. The number of benzene rings is 2. The number of hydrogen-bond donors (Lipinski definition) is 0. The van der Waals surface area contributed by atoms with E-state index in [0.29, 0.717) is 0 Å². The van der Waals surface area contributed by atoms with Gasteiger partial charge in [0, 0.05) is 0 Å². The first-order chi connectivity index (χ1) is 17.7. The fourth-order valence-electron chi connectivity index (χ4n) is 4.59. The van der Waals surface area contributed by atoms with Gasteiger partial charge in [0.15, 0.2) is 0 Å². The largest absolute Gasteiger partial charge is 2.00 e. The Bertz CT molecular complexity index is 648. The molecule has 0 N–H and O–H groups in total. The third kappa shape index (κ3) is 22.9. The normalized spacial score (nSPS) is 10.4. The molecule has 0 aliphatic rings. The standard InChI is InChI=1S/2C17H28O.Ca/c2*1-2-3-4-5-6-7-8-9-10-11-16-12-14-17(18)15-13-16;/h2*12-15,18H,2-11H2,1H3;/q;;+2/p-2. The summed E-state index contributed by atoms with van der Waals surface area (Å²) in [5, 5.41) is 21.9. The van der Waals surface area contributed by atoms with E-state index in [-0.39, 0.29) is 49.2 Å². The number of aryl methyl sites for hydroxylation is 2. The molecule has 0 amide bonds. The second kappa shape index (κ2) is 26.9. The minimum atomic E-state index is 0. The SMILES string of the molecule is CCCCCCCCCCCc1ccc([O-])cc1.CCCCCCCCCCCc1ccc([O-])cc1.[Ca+2]. The maximum absolute atomic E-state index is 10.9.